The van der Waals surface area contributed by atoms with Gasteiger partial charge in [0.1, 0.15) is 11.1 Å². The molecule has 0 aliphatic rings. The highest BCUT2D eigenvalue weighted by molar-refractivity contribution is 8.55. The smallest absolute Gasteiger partial charge is 0.319 e. The van der Waals surface area contributed by atoms with Crippen LogP contribution < -0.4 is 21.2 Å². The third-order valence-corrected chi connectivity index (χ3v) is 12.2. The number of aliphatic hydroxyl groups is 1. The lowest BCUT2D eigenvalue weighted by Gasteiger charge is -2.37. The van der Waals surface area contributed by atoms with Gasteiger partial charge in [-0.05, 0) is 33.9 Å². The molecule has 1 rings (SSSR count). The zero-order valence-corrected chi connectivity index (χ0v) is 16.6. The number of rotatable bonds is 9. The summed E-state index contributed by atoms with van der Waals surface area (Å²) in [5.41, 5.74) is 18.3. The highest BCUT2D eigenvalue weighted by atomic mass is 32.5. The average molecular weight is 401 g/mol. The van der Waals surface area contributed by atoms with Gasteiger partial charge in [0.2, 0.25) is 0 Å². The molecular weight excluding hydrogens is 378 g/mol. The van der Waals surface area contributed by atoms with Crippen molar-refractivity contribution in [1.29, 1.82) is 0 Å². The zero-order valence-electron chi connectivity index (χ0n) is 12.8. The summed E-state index contributed by atoms with van der Waals surface area (Å²) in [5, 5.41) is 9.01. The average Bonchev–Trinajstić information content (AvgIpc) is 2.53. The maximum absolute atomic E-state index is 10.6. The molecule has 12 heteroatoms. The van der Waals surface area contributed by atoms with Crippen LogP contribution in [0.5, 0.6) is 5.75 Å². The highest BCUT2D eigenvalue weighted by Crippen LogP contribution is 2.74. The summed E-state index contributed by atoms with van der Waals surface area (Å²) >= 11 is 0. The summed E-state index contributed by atoms with van der Waals surface area (Å²) in [6.07, 6.45) is -0.782. The Labute approximate surface area is 140 Å². The summed E-state index contributed by atoms with van der Waals surface area (Å²) in [6, 6.07) is 6.37. The van der Waals surface area contributed by atoms with E-state index in [1.807, 2.05) is 13.8 Å². The Morgan fingerprint density at radius 1 is 1.39 bits per heavy atom. The number of nitrogens with two attached hydrogens (primary N) is 3. The van der Waals surface area contributed by atoms with Gasteiger partial charge < -0.3 is 31.2 Å². The van der Waals surface area contributed by atoms with E-state index >= 15 is 0 Å². The first-order valence-corrected chi connectivity index (χ1v) is 13.4. The number of hydrogen-bond donors (Lipinski definition) is 5. The van der Waals surface area contributed by atoms with Gasteiger partial charge in [0, 0.05) is 13.0 Å². The second-order valence-corrected chi connectivity index (χ2v) is 14.0. The van der Waals surface area contributed by atoms with Gasteiger partial charge in [-0.2, -0.15) is 0 Å². The normalized spacial score (nSPS) is 20.0. The Morgan fingerprint density at radius 3 is 2.39 bits per heavy atom. The highest BCUT2D eigenvalue weighted by Gasteiger charge is 2.36. The standard InChI is InChI=1S/C11H23N3O5P4/c1-3-11(2,21(13)22(14)20-12)18-9-6-4-8(5-7-9)10(15)19-23(16)17/h4-7,10,15,20,23H,3,12-14H2,1-2H3,(H,16,17). The third kappa shape index (κ3) is 6.26. The van der Waals surface area contributed by atoms with Crippen molar-refractivity contribution in [2.45, 2.75) is 31.9 Å². The van der Waals surface area contributed by atoms with Crippen LogP contribution in [-0.2, 0) is 9.09 Å². The molecule has 132 valence electrons. The molecule has 23 heavy (non-hydrogen) atoms. The first-order valence-electron chi connectivity index (χ1n) is 6.66. The van der Waals surface area contributed by atoms with Gasteiger partial charge in [-0.1, -0.05) is 19.1 Å². The molecular formula is C11H23N3O5P4. The Hall–Kier alpha value is 0.300. The van der Waals surface area contributed by atoms with Crippen LogP contribution in [0.15, 0.2) is 24.3 Å². The van der Waals surface area contributed by atoms with Crippen molar-refractivity contribution in [2.75, 3.05) is 0 Å². The van der Waals surface area contributed by atoms with E-state index in [0.29, 0.717) is 17.7 Å². The molecule has 0 aliphatic carbocycles. The van der Waals surface area contributed by atoms with E-state index in [1.165, 1.54) is 0 Å². The van der Waals surface area contributed by atoms with Crippen molar-refractivity contribution in [3.05, 3.63) is 29.8 Å². The molecule has 1 aromatic rings. The maximum Gasteiger partial charge on any atom is 0.319 e. The van der Waals surface area contributed by atoms with Crippen molar-refractivity contribution >= 4 is 31.9 Å². The monoisotopic (exact) mass is 401 g/mol. The number of hydrogen-bond acceptors (Lipinski definition) is 7. The lowest BCUT2D eigenvalue weighted by Crippen LogP contribution is -2.31. The van der Waals surface area contributed by atoms with Crippen molar-refractivity contribution in [1.82, 2.24) is 0 Å². The second-order valence-electron chi connectivity index (χ2n) is 4.75. The molecule has 0 aromatic heterocycles. The predicted molar refractivity (Wildman–Crippen MR) is 97.7 cm³/mol. The van der Waals surface area contributed by atoms with E-state index in [2.05, 4.69) is 4.52 Å². The minimum absolute atomic E-state index is 0.107. The quantitative estimate of drug-likeness (QED) is 0.313. The summed E-state index contributed by atoms with van der Waals surface area (Å²) < 4.78 is 21.1. The molecule has 6 unspecified atom stereocenters. The second kappa shape index (κ2) is 9.70. The number of benzene rings is 1. The fourth-order valence-corrected chi connectivity index (χ4v) is 8.43. The van der Waals surface area contributed by atoms with E-state index in [1.54, 1.807) is 24.3 Å². The van der Waals surface area contributed by atoms with Crippen LogP contribution in [0.2, 0.25) is 0 Å². The van der Waals surface area contributed by atoms with Crippen LogP contribution in [-0.4, -0.2) is 15.3 Å². The van der Waals surface area contributed by atoms with Gasteiger partial charge in [-0.25, -0.2) is 0 Å². The van der Waals surface area contributed by atoms with Crippen LogP contribution in [0.4, 0.5) is 0 Å². The zero-order chi connectivity index (χ0) is 17.6. The van der Waals surface area contributed by atoms with Crippen LogP contribution >= 0.6 is 31.9 Å². The topological polar surface area (TPSA) is 154 Å². The summed E-state index contributed by atoms with van der Waals surface area (Å²) in [7, 11) is -5.14. The minimum atomic E-state index is -3.21. The molecule has 0 bridgehead atoms. The molecule has 0 amide bonds. The molecule has 0 spiro atoms. The molecule has 6 atom stereocenters. The Balaban J connectivity index is 2.85. The molecule has 0 aliphatic heterocycles. The van der Waals surface area contributed by atoms with Gasteiger partial charge in [0.05, 0.1) is 7.76 Å². The first-order chi connectivity index (χ1) is 10.7. The fourth-order valence-electron chi connectivity index (χ4n) is 1.69. The van der Waals surface area contributed by atoms with E-state index in [0.717, 1.165) is 0 Å². The molecule has 0 heterocycles. The van der Waals surface area contributed by atoms with Crippen LogP contribution in [0.3, 0.4) is 0 Å². The third-order valence-electron chi connectivity index (χ3n) is 3.22. The largest absolute Gasteiger partial charge is 0.481 e. The van der Waals surface area contributed by atoms with Gasteiger partial charge in [-0.15, -0.1) is 0 Å². The lowest BCUT2D eigenvalue weighted by molar-refractivity contribution is -0.0207. The van der Waals surface area contributed by atoms with Crippen molar-refractivity contribution in [3.8, 4) is 5.75 Å². The Bertz CT molecular complexity index is 523. The van der Waals surface area contributed by atoms with Crippen LogP contribution in [0.1, 0.15) is 32.1 Å². The molecule has 0 saturated heterocycles. The lowest BCUT2D eigenvalue weighted by atomic mass is 10.2. The van der Waals surface area contributed by atoms with Gasteiger partial charge in [0.25, 0.3) is 0 Å². The van der Waals surface area contributed by atoms with E-state index < -0.39 is 35.1 Å². The molecule has 0 fully saturated rings. The van der Waals surface area contributed by atoms with Crippen molar-refractivity contribution < 1.29 is 23.8 Å². The minimum Gasteiger partial charge on any atom is -0.481 e. The molecule has 0 radical (unpaired) electrons. The van der Waals surface area contributed by atoms with Gasteiger partial charge >= 0.3 is 8.25 Å². The summed E-state index contributed by atoms with van der Waals surface area (Å²) in [5.74, 6) is 0.559. The van der Waals surface area contributed by atoms with Gasteiger partial charge in [-0.3, -0.25) is 9.09 Å². The van der Waals surface area contributed by atoms with E-state index in [-0.39, 0.29) is 8.42 Å². The SMILES string of the molecule is CCC(C)(Oc1ccc(C(O)O[PH](=O)O)cc1)P(N)P(N)PN. The molecule has 0 saturated carbocycles. The predicted octanol–water partition coefficient (Wildman–Crippen LogP) is 2.67. The van der Waals surface area contributed by atoms with E-state index in [4.69, 9.17) is 26.1 Å². The summed E-state index contributed by atoms with van der Waals surface area (Å²) in [6.45, 7) is 3.88. The van der Waals surface area contributed by atoms with Crippen LogP contribution in [0.25, 0.3) is 0 Å². The van der Waals surface area contributed by atoms with Gasteiger partial charge in [0.15, 0.2) is 6.29 Å². The van der Waals surface area contributed by atoms with Crippen molar-refractivity contribution in [2.24, 2.45) is 16.5 Å². The van der Waals surface area contributed by atoms with Crippen LogP contribution in [0, 0.1) is 0 Å². The number of aliphatic hydroxyl groups excluding tert-OH is 1. The molecule has 8 N–H and O–H groups in total. The molecule has 1 aromatic carbocycles. The fraction of sp³-hybridized carbons (Fsp3) is 0.455. The van der Waals surface area contributed by atoms with E-state index in [9.17, 15) is 9.67 Å². The first kappa shape index (κ1) is 21.3. The molecule has 8 nitrogen and oxygen atoms in total. The van der Waals surface area contributed by atoms with Crippen molar-refractivity contribution in [3.63, 3.8) is 0 Å². The number of ether oxygens (including phenoxy) is 1. The summed E-state index contributed by atoms with van der Waals surface area (Å²) in [4.78, 5) is 8.67. The Kier molecular flexibility index (Phi) is 9.00. The Morgan fingerprint density at radius 2 is 1.96 bits per heavy atom. The maximum atomic E-state index is 10.6.